The third-order valence-corrected chi connectivity index (χ3v) is 2.65. The molecule has 4 nitrogen and oxygen atoms in total. The Kier molecular flexibility index (Phi) is 10.2. The van der Waals surface area contributed by atoms with Crippen molar-refractivity contribution >= 4 is 5.78 Å². The fraction of sp³-hybridized carbons (Fsp3) is 0.929. The number of rotatable bonds is 11. The summed E-state index contributed by atoms with van der Waals surface area (Å²) in [7, 11) is 0. The van der Waals surface area contributed by atoms with Crippen molar-refractivity contribution in [3.8, 4) is 0 Å². The normalized spacial score (nSPS) is 14.8. The first kappa shape index (κ1) is 17.6. The first-order valence-electron chi connectivity index (χ1n) is 6.73. The molecule has 0 bridgehead atoms. The summed E-state index contributed by atoms with van der Waals surface area (Å²) in [6, 6.07) is 0. The first-order valence-corrected chi connectivity index (χ1v) is 6.73. The number of carbonyl (C=O) groups excluding carboxylic acids is 1. The summed E-state index contributed by atoms with van der Waals surface area (Å²) >= 11 is 0. The lowest BCUT2D eigenvalue weighted by atomic mass is 10.1. The van der Waals surface area contributed by atoms with E-state index in [9.17, 15) is 4.79 Å². The van der Waals surface area contributed by atoms with E-state index in [2.05, 4.69) is 13.8 Å². The maximum Gasteiger partial charge on any atom is 0.155 e. The minimum Gasteiger partial charge on any atom is -0.376 e. The molecule has 0 saturated heterocycles. The number of carbonyl (C=O) groups is 1. The average Bonchev–Trinajstić information content (AvgIpc) is 2.27. The van der Waals surface area contributed by atoms with Gasteiger partial charge in [-0.1, -0.05) is 13.8 Å². The van der Waals surface area contributed by atoms with E-state index < -0.39 is 0 Å². The lowest BCUT2D eigenvalue weighted by Gasteiger charge is -2.21. The fourth-order valence-corrected chi connectivity index (χ4v) is 1.27. The van der Waals surface area contributed by atoms with Gasteiger partial charge in [0.1, 0.15) is 6.61 Å². The quantitative estimate of drug-likeness (QED) is 0.535. The molecule has 0 N–H and O–H groups in total. The first-order chi connectivity index (χ1) is 8.43. The molecule has 0 aliphatic heterocycles. The Hall–Kier alpha value is -0.450. The largest absolute Gasteiger partial charge is 0.376 e. The molecule has 0 saturated carbocycles. The molecule has 108 valence electrons. The van der Waals surface area contributed by atoms with Gasteiger partial charge >= 0.3 is 0 Å². The Morgan fingerprint density at radius 3 is 2.00 bits per heavy atom. The van der Waals surface area contributed by atoms with Gasteiger partial charge in [-0.15, -0.1) is 0 Å². The molecule has 18 heavy (non-hydrogen) atoms. The van der Waals surface area contributed by atoms with E-state index >= 15 is 0 Å². The third kappa shape index (κ3) is 10.7. The molecule has 0 heterocycles. The summed E-state index contributed by atoms with van der Waals surface area (Å²) in [5, 5.41) is 0. The number of Topliss-reactive ketones (excluding diaryl/α,β-unsaturated/α-hetero) is 1. The van der Waals surface area contributed by atoms with Crippen LogP contribution in [0.2, 0.25) is 0 Å². The van der Waals surface area contributed by atoms with Crippen molar-refractivity contribution in [3.05, 3.63) is 0 Å². The smallest absolute Gasteiger partial charge is 0.155 e. The van der Waals surface area contributed by atoms with Gasteiger partial charge in [0.25, 0.3) is 0 Å². The monoisotopic (exact) mass is 260 g/mol. The van der Waals surface area contributed by atoms with Gasteiger partial charge in [-0.2, -0.15) is 0 Å². The maximum absolute atomic E-state index is 10.6. The molecule has 0 aromatic rings. The van der Waals surface area contributed by atoms with Crippen LogP contribution >= 0.6 is 0 Å². The second-order valence-electron chi connectivity index (χ2n) is 5.09. The van der Waals surface area contributed by atoms with Crippen LogP contribution in [-0.4, -0.2) is 44.4 Å². The van der Waals surface area contributed by atoms with Crippen molar-refractivity contribution in [2.24, 2.45) is 5.92 Å². The van der Waals surface area contributed by atoms with Gasteiger partial charge < -0.3 is 14.2 Å². The van der Waals surface area contributed by atoms with Crippen molar-refractivity contribution in [2.75, 3.05) is 26.4 Å². The van der Waals surface area contributed by atoms with Crippen molar-refractivity contribution in [2.45, 2.75) is 53.2 Å². The van der Waals surface area contributed by atoms with Gasteiger partial charge in [0.2, 0.25) is 0 Å². The van der Waals surface area contributed by atoms with E-state index in [1.165, 1.54) is 6.92 Å². The summed E-state index contributed by atoms with van der Waals surface area (Å²) in [5.41, 5.74) is 0. The van der Waals surface area contributed by atoms with Gasteiger partial charge in [0, 0.05) is 6.61 Å². The van der Waals surface area contributed by atoms with Crippen LogP contribution < -0.4 is 0 Å². The summed E-state index contributed by atoms with van der Waals surface area (Å²) in [6.45, 7) is 11.8. The van der Waals surface area contributed by atoms with Crippen LogP contribution in [0.5, 0.6) is 0 Å². The molecule has 0 aromatic heterocycles. The Balaban J connectivity index is 3.49. The highest BCUT2D eigenvalue weighted by molar-refractivity contribution is 5.76. The molecule has 0 radical (unpaired) electrons. The summed E-state index contributed by atoms with van der Waals surface area (Å²) in [6.07, 6.45) is 1.19. The van der Waals surface area contributed by atoms with Crippen LogP contribution in [0.25, 0.3) is 0 Å². The summed E-state index contributed by atoms with van der Waals surface area (Å²) in [4.78, 5) is 10.6. The number of ketones is 1. The minimum absolute atomic E-state index is 0.0356. The second kappa shape index (κ2) is 10.5. The zero-order valence-corrected chi connectivity index (χ0v) is 12.4. The minimum atomic E-state index is 0.0356. The Bertz CT molecular complexity index is 216. The predicted octanol–water partition coefficient (Wildman–Crippen LogP) is 2.45. The molecule has 0 unspecified atom stereocenters. The van der Waals surface area contributed by atoms with E-state index in [4.69, 9.17) is 14.2 Å². The molecule has 0 aromatic carbocycles. The van der Waals surface area contributed by atoms with Crippen molar-refractivity contribution in [1.82, 2.24) is 0 Å². The Labute approximate surface area is 111 Å². The van der Waals surface area contributed by atoms with E-state index in [1.807, 2.05) is 13.8 Å². The highest BCUT2D eigenvalue weighted by Crippen LogP contribution is 2.06. The predicted molar refractivity (Wildman–Crippen MR) is 71.8 cm³/mol. The average molecular weight is 260 g/mol. The number of ether oxygens (including phenoxy) is 3. The van der Waals surface area contributed by atoms with Crippen LogP contribution in [0.3, 0.4) is 0 Å². The zero-order valence-electron chi connectivity index (χ0n) is 12.4. The fourth-order valence-electron chi connectivity index (χ4n) is 1.27. The molecule has 0 aliphatic rings. The topological polar surface area (TPSA) is 44.8 Å². The van der Waals surface area contributed by atoms with Crippen LogP contribution in [0, 0.1) is 5.92 Å². The summed E-state index contributed by atoms with van der Waals surface area (Å²) < 4.78 is 16.4. The summed E-state index contributed by atoms with van der Waals surface area (Å²) in [5.74, 6) is 0.696. The van der Waals surface area contributed by atoms with Crippen molar-refractivity contribution in [1.29, 1.82) is 0 Å². The maximum atomic E-state index is 10.6. The molecular formula is C14H28O4. The lowest BCUT2D eigenvalue weighted by Crippen LogP contribution is -2.28. The molecule has 2 atom stereocenters. The third-order valence-electron chi connectivity index (χ3n) is 2.65. The zero-order chi connectivity index (χ0) is 14.0. The van der Waals surface area contributed by atoms with E-state index in [0.717, 1.165) is 13.0 Å². The van der Waals surface area contributed by atoms with Gasteiger partial charge in [-0.25, -0.2) is 0 Å². The molecule has 0 aliphatic carbocycles. The second-order valence-corrected chi connectivity index (χ2v) is 5.09. The van der Waals surface area contributed by atoms with Crippen LogP contribution in [-0.2, 0) is 19.0 Å². The molecule has 4 heteroatoms. The van der Waals surface area contributed by atoms with E-state index in [1.54, 1.807) is 0 Å². The molecular weight excluding hydrogens is 232 g/mol. The molecule has 0 rings (SSSR count). The van der Waals surface area contributed by atoms with E-state index in [0.29, 0.717) is 19.1 Å². The number of hydrogen-bond donors (Lipinski definition) is 0. The van der Waals surface area contributed by atoms with Gasteiger partial charge in [0.05, 0.1) is 25.4 Å². The van der Waals surface area contributed by atoms with Gasteiger partial charge in [-0.05, 0) is 33.1 Å². The van der Waals surface area contributed by atoms with Crippen molar-refractivity contribution < 1.29 is 19.0 Å². The number of hydrogen-bond acceptors (Lipinski definition) is 4. The highest BCUT2D eigenvalue weighted by atomic mass is 16.6. The standard InChI is InChI=1S/C14H28O4/c1-11(2)6-7-17-13(4)14(5)18-9-8-16-10-12(3)15/h11,13-14H,6-10H2,1-5H3/t13-,14-/m1/s1. The van der Waals surface area contributed by atoms with Crippen LogP contribution in [0.1, 0.15) is 41.0 Å². The van der Waals surface area contributed by atoms with Crippen LogP contribution in [0.4, 0.5) is 0 Å². The molecule has 0 amide bonds. The Morgan fingerprint density at radius 2 is 1.50 bits per heavy atom. The van der Waals surface area contributed by atoms with Crippen LogP contribution in [0.15, 0.2) is 0 Å². The highest BCUT2D eigenvalue weighted by Gasteiger charge is 2.13. The van der Waals surface area contributed by atoms with E-state index in [-0.39, 0.29) is 24.6 Å². The molecule has 0 fully saturated rings. The van der Waals surface area contributed by atoms with Crippen molar-refractivity contribution in [3.63, 3.8) is 0 Å². The van der Waals surface area contributed by atoms with Gasteiger partial charge in [-0.3, -0.25) is 4.79 Å². The SMILES string of the molecule is CC(=O)COCCO[C@H](C)[C@@H](C)OCCC(C)C. The Morgan fingerprint density at radius 1 is 0.944 bits per heavy atom. The molecule has 0 spiro atoms. The van der Waals surface area contributed by atoms with Gasteiger partial charge in [0.15, 0.2) is 5.78 Å². The lowest BCUT2D eigenvalue weighted by molar-refractivity contribution is -0.122.